The molecule has 0 atom stereocenters. The minimum absolute atomic E-state index is 0.0700. The van der Waals surface area contributed by atoms with Crippen LogP contribution in [0.2, 0.25) is 5.02 Å². The molecule has 1 heterocycles. The third-order valence-electron chi connectivity index (χ3n) is 2.12. The number of nitriles is 1. The lowest BCUT2D eigenvalue weighted by Crippen LogP contribution is -2.03. The fraction of sp³-hybridized carbons (Fsp3) is 0. The number of benzene rings is 1. The largest absolute Gasteiger partial charge is 0.368 e. The summed E-state index contributed by atoms with van der Waals surface area (Å²) in [6.45, 7) is 0. The van der Waals surface area contributed by atoms with E-state index in [1.165, 1.54) is 12.1 Å². The molecular formula is C11H7ClFN5. The Balaban J connectivity index is 2.43. The van der Waals surface area contributed by atoms with Crippen molar-refractivity contribution in [3.05, 3.63) is 40.8 Å². The molecule has 2 rings (SSSR count). The number of rotatable bonds is 2. The number of halogens is 2. The van der Waals surface area contributed by atoms with E-state index in [-0.39, 0.29) is 11.8 Å². The monoisotopic (exact) mass is 263 g/mol. The molecule has 3 N–H and O–H groups in total. The molecule has 0 aliphatic heterocycles. The summed E-state index contributed by atoms with van der Waals surface area (Å²) in [6.07, 6.45) is 0.946. The fourth-order valence-corrected chi connectivity index (χ4v) is 1.49. The molecule has 2 aromatic rings. The van der Waals surface area contributed by atoms with E-state index >= 15 is 0 Å². The lowest BCUT2D eigenvalue weighted by molar-refractivity contribution is 0.620. The average Bonchev–Trinajstić information content (AvgIpc) is 2.34. The first kappa shape index (κ1) is 12.1. The summed E-state index contributed by atoms with van der Waals surface area (Å²) in [6, 6.07) is 6.54. The molecule has 0 bridgehead atoms. The zero-order valence-corrected chi connectivity index (χ0v) is 9.74. The second-order valence-corrected chi connectivity index (χ2v) is 3.79. The highest BCUT2D eigenvalue weighted by Crippen LogP contribution is 2.24. The first-order chi connectivity index (χ1) is 8.60. The molecule has 0 aliphatic rings. The number of nitrogens with zero attached hydrogens (tertiary/aromatic N) is 3. The van der Waals surface area contributed by atoms with Crippen molar-refractivity contribution in [3.63, 3.8) is 0 Å². The number of hydrogen-bond donors (Lipinski definition) is 2. The van der Waals surface area contributed by atoms with Crippen LogP contribution >= 0.6 is 11.6 Å². The second-order valence-electron chi connectivity index (χ2n) is 3.35. The maximum atomic E-state index is 13.4. The molecule has 7 heteroatoms. The normalized spacial score (nSPS) is 9.83. The molecule has 0 saturated carbocycles. The zero-order valence-electron chi connectivity index (χ0n) is 8.98. The van der Waals surface area contributed by atoms with E-state index in [9.17, 15) is 4.39 Å². The van der Waals surface area contributed by atoms with E-state index in [1.54, 1.807) is 6.07 Å². The molecule has 18 heavy (non-hydrogen) atoms. The van der Waals surface area contributed by atoms with Gasteiger partial charge in [-0.05, 0) is 18.2 Å². The van der Waals surface area contributed by atoms with Crippen molar-refractivity contribution in [1.29, 1.82) is 5.26 Å². The number of aromatic nitrogens is 2. The molecular weight excluding hydrogens is 257 g/mol. The van der Waals surface area contributed by atoms with Crippen molar-refractivity contribution in [2.24, 2.45) is 0 Å². The Labute approximate surface area is 107 Å². The zero-order chi connectivity index (χ0) is 13.1. The third kappa shape index (κ3) is 2.47. The van der Waals surface area contributed by atoms with Crippen LogP contribution in [0.4, 0.5) is 21.8 Å². The average molecular weight is 264 g/mol. The Morgan fingerprint density at radius 2 is 2.22 bits per heavy atom. The van der Waals surface area contributed by atoms with Crippen LogP contribution < -0.4 is 11.1 Å². The number of nitrogens with one attached hydrogen (secondary N) is 1. The predicted octanol–water partition coefficient (Wildman–Crippen LogP) is 2.47. The van der Waals surface area contributed by atoms with Crippen molar-refractivity contribution in [3.8, 4) is 6.07 Å². The van der Waals surface area contributed by atoms with Gasteiger partial charge in [-0.3, -0.25) is 0 Å². The van der Waals surface area contributed by atoms with Crippen LogP contribution in [-0.2, 0) is 0 Å². The van der Waals surface area contributed by atoms with E-state index < -0.39 is 5.82 Å². The minimum atomic E-state index is -0.673. The highest BCUT2D eigenvalue weighted by molar-refractivity contribution is 6.30. The van der Waals surface area contributed by atoms with Gasteiger partial charge in [-0.2, -0.15) is 10.2 Å². The smallest absolute Gasteiger partial charge is 0.222 e. The second kappa shape index (κ2) is 4.85. The van der Waals surface area contributed by atoms with Crippen LogP contribution in [0, 0.1) is 17.1 Å². The summed E-state index contributed by atoms with van der Waals surface area (Å²) in [7, 11) is 0. The number of nitrogen functional groups attached to an aromatic ring is 1. The summed E-state index contributed by atoms with van der Waals surface area (Å²) in [5.41, 5.74) is 6.03. The van der Waals surface area contributed by atoms with Crippen molar-refractivity contribution in [2.75, 3.05) is 11.1 Å². The Morgan fingerprint density at radius 3 is 2.94 bits per heavy atom. The van der Waals surface area contributed by atoms with Gasteiger partial charge in [0.05, 0.1) is 17.4 Å². The molecule has 0 amide bonds. The fourth-order valence-electron chi connectivity index (χ4n) is 1.31. The summed E-state index contributed by atoms with van der Waals surface area (Å²) in [5.74, 6) is -0.853. The van der Waals surface area contributed by atoms with Gasteiger partial charge < -0.3 is 11.1 Å². The number of nitrogens with two attached hydrogens (primary N) is 1. The topological polar surface area (TPSA) is 87.6 Å². The molecule has 0 aliphatic carbocycles. The molecule has 0 radical (unpaired) electrons. The SMILES string of the molecule is N#Cc1ccc(Cl)cc1Nc1nc(N)ncc1F. The van der Waals surface area contributed by atoms with Crippen LogP contribution in [-0.4, -0.2) is 9.97 Å². The van der Waals surface area contributed by atoms with Crippen LogP contribution in [0.3, 0.4) is 0 Å². The van der Waals surface area contributed by atoms with Gasteiger partial charge in [-0.15, -0.1) is 0 Å². The van der Waals surface area contributed by atoms with E-state index in [0.29, 0.717) is 16.3 Å². The van der Waals surface area contributed by atoms with Gasteiger partial charge in [-0.25, -0.2) is 9.37 Å². The summed E-state index contributed by atoms with van der Waals surface area (Å²) in [4.78, 5) is 7.20. The number of hydrogen-bond acceptors (Lipinski definition) is 5. The Bertz CT molecular complexity index is 638. The van der Waals surface area contributed by atoms with Crippen molar-refractivity contribution < 1.29 is 4.39 Å². The van der Waals surface area contributed by atoms with E-state index in [0.717, 1.165) is 6.20 Å². The van der Waals surface area contributed by atoms with Crippen LogP contribution in [0.25, 0.3) is 0 Å². The van der Waals surface area contributed by atoms with Crippen molar-refractivity contribution in [1.82, 2.24) is 9.97 Å². The molecule has 0 saturated heterocycles. The molecule has 5 nitrogen and oxygen atoms in total. The quantitative estimate of drug-likeness (QED) is 0.869. The van der Waals surface area contributed by atoms with Gasteiger partial charge in [-0.1, -0.05) is 11.6 Å². The van der Waals surface area contributed by atoms with Gasteiger partial charge in [0.2, 0.25) is 5.95 Å². The minimum Gasteiger partial charge on any atom is -0.368 e. The Hall–Kier alpha value is -2.39. The highest BCUT2D eigenvalue weighted by Gasteiger charge is 2.09. The summed E-state index contributed by atoms with van der Waals surface area (Å²) in [5, 5.41) is 12.0. The summed E-state index contributed by atoms with van der Waals surface area (Å²) < 4.78 is 13.4. The van der Waals surface area contributed by atoms with Gasteiger partial charge in [0.1, 0.15) is 6.07 Å². The highest BCUT2D eigenvalue weighted by atomic mass is 35.5. The Kier molecular flexibility index (Phi) is 3.26. The van der Waals surface area contributed by atoms with Gasteiger partial charge in [0.15, 0.2) is 11.6 Å². The summed E-state index contributed by atoms with van der Waals surface area (Å²) >= 11 is 5.81. The van der Waals surface area contributed by atoms with Crippen molar-refractivity contribution in [2.45, 2.75) is 0 Å². The molecule has 0 unspecified atom stereocenters. The molecule has 0 fully saturated rings. The predicted molar refractivity (Wildman–Crippen MR) is 65.9 cm³/mol. The maximum absolute atomic E-state index is 13.4. The first-order valence-electron chi connectivity index (χ1n) is 4.85. The molecule has 1 aromatic heterocycles. The van der Waals surface area contributed by atoms with Crippen LogP contribution in [0.5, 0.6) is 0 Å². The van der Waals surface area contributed by atoms with Crippen LogP contribution in [0.15, 0.2) is 24.4 Å². The van der Waals surface area contributed by atoms with Crippen molar-refractivity contribution >= 4 is 29.1 Å². The molecule has 1 aromatic carbocycles. The van der Waals surface area contributed by atoms with E-state index in [1.807, 2.05) is 6.07 Å². The van der Waals surface area contributed by atoms with Gasteiger partial charge >= 0.3 is 0 Å². The first-order valence-corrected chi connectivity index (χ1v) is 5.22. The van der Waals surface area contributed by atoms with Gasteiger partial charge in [0, 0.05) is 5.02 Å². The molecule has 0 spiro atoms. The third-order valence-corrected chi connectivity index (χ3v) is 2.35. The lowest BCUT2D eigenvalue weighted by Gasteiger charge is -2.08. The van der Waals surface area contributed by atoms with E-state index in [4.69, 9.17) is 22.6 Å². The Morgan fingerprint density at radius 1 is 1.44 bits per heavy atom. The maximum Gasteiger partial charge on any atom is 0.222 e. The molecule has 90 valence electrons. The lowest BCUT2D eigenvalue weighted by atomic mass is 10.2. The van der Waals surface area contributed by atoms with E-state index in [2.05, 4.69) is 15.3 Å². The number of anilines is 3. The van der Waals surface area contributed by atoms with Gasteiger partial charge in [0.25, 0.3) is 0 Å². The standard InChI is InChI=1S/C11H7ClFN5/c12-7-2-1-6(4-14)9(3-7)17-10-8(13)5-16-11(15)18-10/h1-3,5H,(H3,15,16,17,18). The van der Waals surface area contributed by atoms with Crippen LogP contribution in [0.1, 0.15) is 5.56 Å².